The van der Waals surface area contributed by atoms with Gasteiger partial charge in [0, 0.05) is 19.6 Å². The van der Waals surface area contributed by atoms with Crippen molar-refractivity contribution in [1.82, 2.24) is 9.03 Å². The molecule has 0 radical (unpaired) electrons. The number of nitrogens with one attached hydrogen (secondary N) is 1. The maximum absolute atomic E-state index is 11.9. The van der Waals surface area contributed by atoms with Crippen LogP contribution in [0.5, 0.6) is 0 Å². The first-order chi connectivity index (χ1) is 8.90. The zero-order valence-electron chi connectivity index (χ0n) is 11.3. The van der Waals surface area contributed by atoms with Crippen LogP contribution >= 0.6 is 0 Å². The fourth-order valence-corrected chi connectivity index (χ4v) is 3.21. The molecule has 19 heavy (non-hydrogen) atoms. The number of ether oxygens (including phenoxy) is 1. The number of esters is 1. The number of rotatable bonds is 6. The van der Waals surface area contributed by atoms with E-state index >= 15 is 0 Å². The van der Waals surface area contributed by atoms with Crippen molar-refractivity contribution in [2.75, 3.05) is 26.7 Å². The van der Waals surface area contributed by atoms with Gasteiger partial charge in [-0.15, -0.1) is 0 Å². The van der Waals surface area contributed by atoms with Crippen molar-refractivity contribution in [3.05, 3.63) is 0 Å². The third-order valence-corrected chi connectivity index (χ3v) is 4.88. The zero-order valence-corrected chi connectivity index (χ0v) is 12.1. The van der Waals surface area contributed by atoms with Crippen LogP contribution in [0.2, 0.25) is 0 Å². The molecule has 1 fully saturated rings. The van der Waals surface area contributed by atoms with Crippen LogP contribution in [0.1, 0.15) is 26.2 Å². The van der Waals surface area contributed by atoms with Gasteiger partial charge in [0.25, 0.3) is 10.2 Å². The number of aliphatic hydroxyl groups is 1. The van der Waals surface area contributed by atoms with E-state index in [1.165, 1.54) is 11.4 Å². The van der Waals surface area contributed by atoms with Crippen LogP contribution in [-0.2, 0) is 19.7 Å². The van der Waals surface area contributed by atoms with Gasteiger partial charge in [-0.05, 0) is 19.3 Å². The Morgan fingerprint density at radius 3 is 2.53 bits per heavy atom. The minimum absolute atomic E-state index is 0.00969. The van der Waals surface area contributed by atoms with E-state index in [0.29, 0.717) is 19.3 Å². The number of piperidine rings is 1. The van der Waals surface area contributed by atoms with Gasteiger partial charge in [0.15, 0.2) is 0 Å². The third-order valence-electron chi connectivity index (χ3n) is 3.30. The van der Waals surface area contributed by atoms with Gasteiger partial charge in [0.2, 0.25) is 0 Å². The van der Waals surface area contributed by atoms with Crippen LogP contribution in [0, 0.1) is 5.92 Å². The monoisotopic (exact) mass is 294 g/mol. The van der Waals surface area contributed by atoms with Gasteiger partial charge in [-0.1, -0.05) is 6.92 Å². The minimum Gasteiger partial charge on any atom is -0.469 e. The Hall–Kier alpha value is -0.700. The van der Waals surface area contributed by atoms with Crippen LogP contribution < -0.4 is 4.72 Å². The average molecular weight is 294 g/mol. The molecule has 8 heteroatoms. The SMILES string of the molecule is CCC(O)CNS(=O)(=O)N1CCC(C(=O)OC)CC1. The summed E-state index contributed by atoms with van der Waals surface area (Å²) in [5.74, 6) is -0.510. The molecule has 1 heterocycles. The van der Waals surface area contributed by atoms with Crippen molar-refractivity contribution in [2.45, 2.75) is 32.3 Å². The lowest BCUT2D eigenvalue weighted by Crippen LogP contribution is -2.47. The number of hydrogen-bond donors (Lipinski definition) is 2. The summed E-state index contributed by atoms with van der Waals surface area (Å²) in [6, 6.07) is 0. The second-order valence-corrected chi connectivity index (χ2v) is 6.37. The summed E-state index contributed by atoms with van der Waals surface area (Å²) in [6.45, 7) is 2.37. The van der Waals surface area contributed by atoms with Gasteiger partial charge >= 0.3 is 5.97 Å². The summed E-state index contributed by atoms with van der Waals surface area (Å²) in [6.07, 6.45) is 0.739. The first-order valence-electron chi connectivity index (χ1n) is 6.41. The van der Waals surface area contributed by atoms with Crippen LogP contribution in [0.3, 0.4) is 0 Å². The van der Waals surface area contributed by atoms with Gasteiger partial charge in [0.05, 0.1) is 19.1 Å². The largest absolute Gasteiger partial charge is 0.469 e. The highest BCUT2D eigenvalue weighted by molar-refractivity contribution is 7.87. The Bertz CT molecular complexity index is 390. The van der Waals surface area contributed by atoms with Crippen molar-refractivity contribution in [3.63, 3.8) is 0 Å². The van der Waals surface area contributed by atoms with E-state index in [4.69, 9.17) is 0 Å². The van der Waals surface area contributed by atoms with E-state index in [2.05, 4.69) is 9.46 Å². The Morgan fingerprint density at radius 1 is 1.47 bits per heavy atom. The molecule has 0 bridgehead atoms. The molecule has 2 N–H and O–H groups in total. The maximum atomic E-state index is 11.9. The number of carbonyl (C=O) groups is 1. The standard InChI is InChI=1S/C11H22N2O5S/c1-3-10(14)8-12-19(16,17)13-6-4-9(5-7-13)11(15)18-2/h9-10,12,14H,3-8H2,1-2H3. The van der Waals surface area contributed by atoms with Crippen LogP contribution in [0.4, 0.5) is 0 Å². The number of methoxy groups -OCH3 is 1. The van der Waals surface area contributed by atoms with Gasteiger partial charge in [-0.25, -0.2) is 0 Å². The Morgan fingerprint density at radius 2 is 2.05 bits per heavy atom. The van der Waals surface area contributed by atoms with Crippen molar-refractivity contribution in [3.8, 4) is 0 Å². The predicted molar refractivity (Wildman–Crippen MR) is 69.5 cm³/mol. The molecule has 1 atom stereocenters. The minimum atomic E-state index is -3.57. The van der Waals surface area contributed by atoms with E-state index in [-0.39, 0.29) is 31.5 Å². The average Bonchev–Trinajstić information content (AvgIpc) is 2.44. The first-order valence-corrected chi connectivity index (χ1v) is 7.85. The van der Waals surface area contributed by atoms with Gasteiger partial charge in [-0.3, -0.25) is 4.79 Å². The molecule has 0 aliphatic carbocycles. The molecule has 0 aromatic heterocycles. The van der Waals surface area contributed by atoms with E-state index < -0.39 is 16.3 Å². The molecule has 0 amide bonds. The molecular weight excluding hydrogens is 272 g/mol. The Labute approximate surface area is 114 Å². The summed E-state index contributed by atoms with van der Waals surface area (Å²) >= 11 is 0. The smallest absolute Gasteiger partial charge is 0.308 e. The molecule has 1 aliphatic rings. The Kier molecular flexibility index (Phi) is 6.18. The summed E-state index contributed by atoms with van der Waals surface area (Å²) < 4.78 is 32.2. The lowest BCUT2D eigenvalue weighted by atomic mass is 9.99. The van der Waals surface area contributed by atoms with Crippen LogP contribution in [0.25, 0.3) is 0 Å². The van der Waals surface area contributed by atoms with Gasteiger partial charge in [-0.2, -0.15) is 17.4 Å². The summed E-state index contributed by atoms with van der Waals surface area (Å²) in [5.41, 5.74) is 0. The van der Waals surface area contributed by atoms with Crippen LogP contribution in [0.15, 0.2) is 0 Å². The number of nitrogens with zero attached hydrogens (tertiary/aromatic N) is 1. The quantitative estimate of drug-likeness (QED) is 0.642. The summed E-state index contributed by atoms with van der Waals surface area (Å²) in [4.78, 5) is 11.3. The Balaban J connectivity index is 2.47. The van der Waals surface area contributed by atoms with Crippen molar-refractivity contribution < 1.29 is 23.1 Å². The van der Waals surface area contributed by atoms with Crippen molar-refractivity contribution >= 4 is 16.2 Å². The maximum Gasteiger partial charge on any atom is 0.308 e. The van der Waals surface area contributed by atoms with E-state index in [0.717, 1.165) is 0 Å². The van der Waals surface area contributed by atoms with E-state index in [9.17, 15) is 18.3 Å². The molecule has 7 nitrogen and oxygen atoms in total. The molecule has 112 valence electrons. The van der Waals surface area contributed by atoms with Crippen LogP contribution in [-0.4, -0.2) is 56.6 Å². The van der Waals surface area contributed by atoms with Crippen molar-refractivity contribution in [2.24, 2.45) is 5.92 Å². The van der Waals surface area contributed by atoms with E-state index in [1.54, 1.807) is 6.92 Å². The number of carbonyl (C=O) groups excluding carboxylic acids is 1. The van der Waals surface area contributed by atoms with Gasteiger partial charge < -0.3 is 9.84 Å². The molecule has 1 saturated heterocycles. The highest BCUT2D eigenvalue weighted by atomic mass is 32.2. The fraction of sp³-hybridized carbons (Fsp3) is 0.909. The van der Waals surface area contributed by atoms with E-state index in [1.807, 2.05) is 0 Å². The lowest BCUT2D eigenvalue weighted by Gasteiger charge is -2.30. The number of aliphatic hydroxyl groups excluding tert-OH is 1. The lowest BCUT2D eigenvalue weighted by molar-refractivity contribution is -0.146. The van der Waals surface area contributed by atoms with Crippen molar-refractivity contribution in [1.29, 1.82) is 0 Å². The highest BCUT2D eigenvalue weighted by Crippen LogP contribution is 2.20. The second kappa shape index (κ2) is 7.18. The molecule has 0 spiro atoms. The molecule has 0 aromatic rings. The predicted octanol–water partition coefficient (Wildman–Crippen LogP) is -0.523. The highest BCUT2D eigenvalue weighted by Gasteiger charge is 2.31. The third kappa shape index (κ3) is 4.72. The fourth-order valence-electron chi connectivity index (χ4n) is 1.94. The summed E-state index contributed by atoms with van der Waals surface area (Å²) in [5, 5.41) is 9.36. The first kappa shape index (κ1) is 16.4. The molecular formula is C11H22N2O5S. The second-order valence-electron chi connectivity index (χ2n) is 4.61. The molecule has 0 aromatic carbocycles. The topological polar surface area (TPSA) is 95.9 Å². The normalized spacial score (nSPS) is 20.2. The number of hydrogen-bond acceptors (Lipinski definition) is 5. The molecule has 0 saturated carbocycles. The summed E-state index contributed by atoms with van der Waals surface area (Å²) in [7, 11) is -2.24. The van der Waals surface area contributed by atoms with Gasteiger partial charge in [0.1, 0.15) is 0 Å². The molecule has 1 rings (SSSR count). The molecule has 1 unspecified atom stereocenters. The zero-order chi connectivity index (χ0) is 14.5. The molecule has 1 aliphatic heterocycles.